The quantitative estimate of drug-likeness (QED) is 0.651. The smallest absolute Gasteiger partial charge is 0.426 e. The lowest BCUT2D eigenvalue weighted by atomic mass is 10.3. The van der Waals surface area contributed by atoms with E-state index >= 15 is 0 Å². The molecule has 1 rings (SSSR count). The van der Waals surface area contributed by atoms with Crippen molar-refractivity contribution in [1.82, 2.24) is 5.43 Å². The Kier molecular flexibility index (Phi) is 2.66. The normalized spacial score (nSPS) is 9.42. The minimum atomic E-state index is -1.02. The molecule has 1 amide bonds. The van der Waals surface area contributed by atoms with Crippen LogP contribution in [0, 0.1) is 0 Å². The molecule has 0 fully saturated rings. The number of nitrogens with zero attached hydrogens (tertiary/aromatic N) is 1. The van der Waals surface area contributed by atoms with Crippen LogP contribution in [0.2, 0.25) is 0 Å². The molecule has 0 saturated carbocycles. The number of carbonyl (C=O) groups is 1. The van der Waals surface area contributed by atoms with Gasteiger partial charge in [-0.1, -0.05) is 18.2 Å². The molecule has 1 aromatic rings. The Bertz CT molecular complexity index is 261. The molecule has 0 aromatic heterocycles. The molecule has 0 unspecified atom stereocenters. The second-order valence-electron chi connectivity index (χ2n) is 2.18. The fourth-order valence-corrected chi connectivity index (χ4v) is 0.912. The molecule has 0 aliphatic carbocycles. The van der Waals surface area contributed by atoms with Crippen molar-refractivity contribution in [3.05, 3.63) is 30.3 Å². The number of hydrazine groups is 1. The Morgan fingerprint density at radius 3 is 2.42 bits per heavy atom. The topological polar surface area (TPSA) is 52.6 Å². The zero-order valence-electron chi connectivity index (χ0n) is 6.69. The average Bonchev–Trinajstić information content (AvgIpc) is 2.07. The largest absolute Gasteiger partial charge is 0.464 e. The van der Waals surface area contributed by atoms with Gasteiger partial charge in [-0.15, -0.1) is 0 Å². The highest BCUT2D eigenvalue weighted by atomic mass is 16.4. The van der Waals surface area contributed by atoms with Crippen LogP contribution < -0.4 is 10.4 Å². The van der Waals surface area contributed by atoms with Crippen molar-refractivity contribution in [1.29, 1.82) is 0 Å². The van der Waals surface area contributed by atoms with E-state index in [4.69, 9.17) is 5.11 Å². The summed E-state index contributed by atoms with van der Waals surface area (Å²) in [5.74, 6) is 0. The minimum Gasteiger partial charge on any atom is -0.464 e. The van der Waals surface area contributed by atoms with Crippen LogP contribution in [-0.4, -0.2) is 18.2 Å². The van der Waals surface area contributed by atoms with E-state index in [0.717, 1.165) is 5.01 Å². The lowest BCUT2D eigenvalue weighted by Gasteiger charge is -2.16. The molecule has 0 atom stereocenters. The zero-order chi connectivity index (χ0) is 8.97. The molecular formula is C8H10N2O2. The van der Waals surface area contributed by atoms with Gasteiger partial charge in [-0.2, -0.15) is 0 Å². The van der Waals surface area contributed by atoms with E-state index in [9.17, 15) is 4.79 Å². The predicted octanol–water partition coefficient (Wildman–Crippen LogP) is 1.31. The third-order valence-electron chi connectivity index (χ3n) is 1.43. The van der Waals surface area contributed by atoms with Gasteiger partial charge in [0, 0.05) is 7.05 Å². The average molecular weight is 166 g/mol. The van der Waals surface area contributed by atoms with Gasteiger partial charge < -0.3 is 5.11 Å². The van der Waals surface area contributed by atoms with Gasteiger partial charge in [0.15, 0.2) is 0 Å². The van der Waals surface area contributed by atoms with Gasteiger partial charge in [-0.25, -0.2) is 15.2 Å². The maximum atomic E-state index is 10.6. The molecule has 2 N–H and O–H groups in total. The van der Waals surface area contributed by atoms with Crippen LogP contribution in [0.4, 0.5) is 10.5 Å². The molecule has 0 radical (unpaired) electrons. The number of rotatable bonds is 2. The Balaban J connectivity index is 2.88. The number of para-hydroxylation sites is 1. The third kappa shape index (κ3) is 1.73. The van der Waals surface area contributed by atoms with Crippen molar-refractivity contribution < 1.29 is 9.90 Å². The second-order valence-corrected chi connectivity index (χ2v) is 2.18. The van der Waals surface area contributed by atoms with Crippen molar-refractivity contribution in [3.63, 3.8) is 0 Å². The van der Waals surface area contributed by atoms with Crippen molar-refractivity contribution in [2.24, 2.45) is 0 Å². The van der Waals surface area contributed by atoms with E-state index in [2.05, 4.69) is 5.43 Å². The second kappa shape index (κ2) is 3.73. The van der Waals surface area contributed by atoms with Crippen LogP contribution in [0.3, 0.4) is 0 Å². The summed E-state index contributed by atoms with van der Waals surface area (Å²) in [7, 11) is 1.56. The summed E-state index contributed by atoms with van der Waals surface area (Å²) in [6.07, 6.45) is -1.02. The minimum absolute atomic E-state index is 0.604. The van der Waals surface area contributed by atoms with Crippen molar-refractivity contribution >= 4 is 11.8 Å². The van der Waals surface area contributed by atoms with E-state index in [0.29, 0.717) is 5.69 Å². The number of nitrogens with one attached hydrogen (secondary N) is 1. The van der Waals surface area contributed by atoms with E-state index < -0.39 is 6.09 Å². The van der Waals surface area contributed by atoms with Gasteiger partial charge in [0.25, 0.3) is 0 Å². The number of anilines is 1. The third-order valence-corrected chi connectivity index (χ3v) is 1.43. The molecule has 0 heterocycles. The van der Waals surface area contributed by atoms with Gasteiger partial charge in [-0.05, 0) is 12.1 Å². The van der Waals surface area contributed by atoms with Gasteiger partial charge >= 0.3 is 6.09 Å². The van der Waals surface area contributed by atoms with Gasteiger partial charge in [-0.3, -0.25) is 0 Å². The van der Waals surface area contributed by atoms with E-state index in [1.807, 2.05) is 6.07 Å². The maximum Gasteiger partial charge on any atom is 0.426 e. The summed E-state index contributed by atoms with van der Waals surface area (Å²) in [4.78, 5) is 10.6. The molecular weight excluding hydrogens is 156 g/mol. The Labute approximate surface area is 70.4 Å². The van der Waals surface area contributed by atoms with Crippen LogP contribution in [-0.2, 0) is 0 Å². The van der Waals surface area contributed by atoms with Gasteiger partial charge in [0.1, 0.15) is 0 Å². The molecule has 12 heavy (non-hydrogen) atoms. The van der Waals surface area contributed by atoms with Crippen molar-refractivity contribution in [2.75, 3.05) is 12.1 Å². The summed E-state index contributed by atoms with van der Waals surface area (Å²) in [6.45, 7) is 0. The fourth-order valence-electron chi connectivity index (χ4n) is 0.912. The number of hydrogen-bond acceptors (Lipinski definition) is 2. The standard InChI is InChI=1S/C8H10N2O2/c1-9-10(8(11)12)7-5-3-2-4-6-7/h2-6,9H,1H3,(H,11,12). The number of hydrogen-bond donors (Lipinski definition) is 2. The highest BCUT2D eigenvalue weighted by molar-refractivity contribution is 5.84. The fraction of sp³-hybridized carbons (Fsp3) is 0.125. The van der Waals surface area contributed by atoms with Crippen LogP contribution >= 0.6 is 0 Å². The molecule has 0 saturated heterocycles. The molecule has 0 spiro atoms. The summed E-state index contributed by atoms with van der Waals surface area (Å²) in [5.41, 5.74) is 3.16. The molecule has 64 valence electrons. The Morgan fingerprint density at radius 1 is 1.42 bits per heavy atom. The lowest BCUT2D eigenvalue weighted by Crippen LogP contribution is -2.39. The highest BCUT2D eigenvalue weighted by Gasteiger charge is 2.10. The number of benzene rings is 1. The monoisotopic (exact) mass is 166 g/mol. The van der Waals surface area contributed by atoms with Crippen molar-refractivity contribution in [2.45, 2.75) is 0 Å². The number of carboxylic acid groups (broad SMARTS) is 1. The molecule has 0 bridgehead atoms. The highest BCUT2D eigenvalue weighted by Crippen LogP contribution is 2.09. The molecule has 0 aliphatic rings. The van der Waals surface area contributed by atoms with Crippen LogP contribution in [0.1, 0.15) is 0 Å². The summed E-state index contributed by atoms with van der Waals surface area (Å²) in [6, 6.07) is 8.82. The van der Waals surface area contributed by atoms with Crippen LogP contribution in [0.5, 0.6) is 0 Å². The number of amides is 1. The first-order chi connectivity index (χ1) is 5.75. The van der Waals surface area contributed by atoms with Crippen LogP contribution in [0.15, 0.2) is 30.3 Å². The van der Waals surface area contributed by atoms with E-state index in [-0.39, 0.29) is 0 Å². The SMILES string of the molecule is CNN(C(=O)O)c1ccccc1. The molecule has 4 heteroatoms. The van der Waals surface area contributed by atoms with Crippen molar-refractivity contribution in [3.8, 4) is 0 Å². The first-order valence-electron chi connectivity index (χ1n) is 3.51. The Morgan fingerprint density at radius 2 is 2.00 bits per heavy atom. The zero-order valence-corrected chi connectivity index (χ0v) is 6.69. The first-order valence-corrected chi connectivity index (χ1v) is 3.51. The van der Waals surface area contributed by atoms with Gasteiger partial charge in [0.2, 0.25) is 0 Å². The molecule has 0 aliphatic heterocycles. The van der Waals surface area contributed by atoms with Crippen LogP contribution in [0.25, 0.3) is 0 Å². The van der Waals surface area contributed by atoms with E-state index in [1.165, 1.54) is 0 Å². The first kappa shape index (κ1) is 8.55. The maximum absolute atomic E-state index is 10.6. The van der Waals surface area contributed by atoms with E-state index in [1.54, 1.807) is 31.3 Å². The lowest BCUT2D eigenvalue weighted by molar-refractivity contribution is 0.199. The molecule has 4 nitrogen and oxygen atoms in total. The Hall–Kier alpha value is -1.55. The summed E-state index contributed by atoms with van der Waals surface area (Å²) >= 11 is 0. The van der Waals surface area contributed by atoms with Gasteiger partial charge in [0.05, 0.1) is 5.69 Å². The predicted molar refractivity (Wildman–Crippen MR) is 46.0 cm³/mol. The molecule has 1 aromatic carbocycles. The summed E-state index contributed by atoms with van der Waals surface area (Å²) in [5, 5.41) is 9.73. The summed E-state index contributed by atoms with van der Waals surface area (Å²) < 4.78 is 0.